The van der Waals surface area contributed by atoms with Gasteiger partial charge in [0.25, 0.3) is 0 Å². The molecule has 0 aliphatic rings. The minimum absolute atomic E-state index is 1.22. The average Bonchev–Trinajstić information content (AvgIpc) is 2.17. The van der Waals surface area contributed by atoms with Crippen molar-refractivity contribution < 1.29 is 8.85 Å². The fourth-order valence-corrected chi connectivity index (χ4v) is 7.28. The SMILES string of the molecule is CO[Si](C)(OC)c1c(I)cccc1I. The molecule has 0 saturated heterocycles. The molecule has 0 saturated carbocycles. The molecule has 1 aromatic carbocycles. The van der Waals surface area contributed by atoms with Crippen molar-refractivity contribution >= 4 is 58.9 Å². The van der Waals surface area contributed by atoms with Crippen LogP contribution in [0, 0.1) is 7.14 Å². The van der Waals surface area contributed by atoms with Gasteiger partial charge in [-0.1, -0.05) is 6.07 Å². The summed E-state index contributed by atoms with van der Waals surface area (Å²) in [4.78, 5) is 0. The first-order chi connectivity index (χ1) is 6.55. The molecule has 0 amide bonds. The van der Waals surface area contributed by atoms with Crippen LogP contribution in [-0.4, -0.2) is 22.8 Å². The van der Waals surface area contributed by atoms with Gasteiger partial charge in [0, 0.05) is 26.5 Å². The number of hydrogen-bond donors (Lipinski definition) is 0. The van der Waals surface area contributed by atoms with E-state index in [0.717, 1.165) is 0 Å². The van der Waals surface area contributed by atoms with Crippen LogP contribution < -0.4 is 5.19 Å². The Morgan fingerprint density at radius 3 is 1.86 bits per heavy atom. The fourth-order valence-electron chi connectivity index (χ4n) is 1.22. The van der Waals surface area contributed by atoms with Crippen LogP contribution in [0.2, 0.25) is 6.55 Å². The summed E-state index contributed by atoms with van der Waals surface area (Å²) < 4.78 is 13.5. The van der Waals surface area contributed by atoms with Crippen LogP contribution in [0.15, 0.2) is 18.2 Å². The molecule has 0 aliphatic heterocycles. The van der Waals surface area contributed by atoms with Gasteiger partial charge in [0.2, 0.25) is 0 Å². The Morgan fingerprint density at radius 1 is 1.07 bits per heavy atom. The first kappa shape index (κ1) is 12.9. The van der Waals surface area contributed by atoms with E-state index in [2.05, 4.69) is 63.9 Å². The third-order valence-corrected chi connectivity index (χ3v) is 8.02. The van der Waals surface area contributed by atoms with Gasteiger partial charge in [-0.3, -0.25) is 0 Å². The molecule has 1 aromatic rings. The van der Waals surface area contributed by atoms with E-state index < -0.39 is 8.56 Å². The molecular formula is C9H12I2O2Si. The lowest BCUT2D eigenvalue weighted by molar-refractivity contribution is 0.265. The largest absolute Gasteiger partial charge is 0.394 e. The lowest BCUT2D eigenvalue weighted by Gasteiger charge is -2.25. The highest BCUT2D eigenvalue weighted by Crippen LogP contribution is 2.16. The van der Waals surface area contributed by atoms with Crippen LogP contribution in [0.4, 0.5) is 0 Å². The third-order valence-electron chi connectivity index (χ3n) is 2.20. The van der Waals surface area contributed by atoms with Crippen LogP contribution in [0.5, 0.6) is 0 Å². The summed E-state index contributed by atoms with van der Waals surface area (Å²) >= 11 is 4.66. The summed E-state index contributed by atoms with van der Waals surface area (Å²) in [6.07, 6.45) is 0. The van der Waals surface area contributed by atoms with E-state index in [1.807, 2.05) is 6.07 Å². The zero-order valence-electron chi connectivity index (χ0n) is 8.30. The molecular weight excluding hydrogens is 422 g/mol. The van der Waals surface area contributed by atoms with Gasteiger partial charge in [-0.05, 0) is 63.9 Å². The van der Waals surface area contributed by atoms with Gasteiger partial charge < -0.3 is 8.85 Å². The van der Waals surface area contributed by atoms with Crippen molar-refractivity contribution in [2.45, 2.75) is 6.55 Å². The van der Waals surface area contributed by atoms with Crippen molar-refractivity contribution in [2.24, 2.45) is 0 Å². The molecule has 0 bridgehead atoms. The minimum Gasteiger partial charge on any atom is -0.394 e. The number of hydrogen-bond acceptors (Lipinski definition) is 2. The molecule has 0 fully saturated rings. The summed E-state index contributed by atoms with van der Waals surface area (Å²) in [6, 6.07) is 6.22. The second kappa shape index (κ2) is 5.24. The van der Waals surface area contributed by atoms with E-state index in [4.69, 9.17) is 8.85 Å². The first-order valence-electron chi connectivity index (χ1n) is 4.10. The molecule has 1 rings (SSSR count). The van der Waals surface area contributed by atoms with Crippen LogP contribution in [0.1, 0.15) is 0 Å². The topological polar surface area (TPSA) is 18.5 Å². The smallest absolute Gasteiger partial charge is 0.370 e. The van der Waals surface area contributed by atoms with E-state index in [9.17, 15) is 0 Å². The number of rotatable bonds is 3. The van der Waals surface area contributed by atoms with Crippen LogP contribution in [-0.2, 0) is 8.85 Å². The van der Waals surface area contributed by atoms with Crippen molar-refractivity contribution in [3.05, 3.63) is 25.3 Å². The quantitative estimate of drug-likeness (QED) is 0.538. The molecule has 5 heteroatoms. The first-order valence-corrected chi connectivity index (χ1v) is 8.57. The molecule has 0 aliphatic carbocycles. The maximum absolute atomic E-state index is 5.54. The second-order valence-corrected chi connectivity index (χ2v) is 8.48. The molecule has 0 radical (unpaired) electrons. The Kier molecular flexibility index (Phi) is 4.82. The third kappa shape index (κ3) is 2.49. The number of benzene rings is 1. The summed E-state index contributed by atoms with van der Waals surface area (Å²) in [5, 5.41) is 1.23. The second-order valence-electron chi connectivity index (χ2n) is 2.95. The van der Waals surface area contributed by atoms with Crippen LogP contribution in [0.3, 0.4) is 0 Å². The monoisotopic (exact) mass is 434 g/mol. The summed E-state index contributed by atoms with van der Waals surface area (Å²) in [7, 11) is 1.26. The van der Waals surface area contributed by atoms with Gasteiger partial charge in [-0.2, -0.15) is 0 Å². The van der Waals surface area contributed by atoms with Gasteiger partial charge in [0.05, 0.1) is 0 Å². The predicted octanol–water partition coefficient (Wildman–Crippen LogP) is 2.47. The van der Waals surface area contributed by atoms with Crippen molar-refractivity contribution in [1.82, 2.24) is 0 Å². The maximum atomic E-state index is 5.54. The normalized spacial score (nSPS) is 11.8. The highest BCUT2D eigenvalue weighted by Gasteiger charge is 2.35. The lowest BCUT2D eigenvalue weighted by Crippen LogP contribution is -2.52. The van der Waals surface area contributed by atoms with Gasteiger partial charge in [-0.25, -0.2) is 0 Å². The maximum Gasteiger partial charge on any atom is 0.370 e. The Balaban J connectivity index is 3.29. The average molecular weight is 434 g/mol. The van der Waals surface area contributed by atoms with E-state index in [1.165, 1.54) is 12.3 Å². The Labute approximate surface area is 113 Å². The van der Waals surface area contributed by atoms with Gasteiger partial charge in [-0.15, -0.1) is 0 Å². The van der Waals surface area contributed by atoms with E-state index in [0.29, 0.717) is 0 Å². The standard InChI is InChI=1S/C9H12I2O2Si/c1-12-14(3,13-2)9-7(10)5-4-6-8(9)11/h4-6H,1-3H3. The summed E-state index contributed by atoms with van der Waals surface area (Å²) in [6.45, 7) is 2.06. The molecule has 0 aromatic heterocycles. The molecule has 14 heavy (non-hydrogen) atoms. The van der Waals surface area contributed by atoms with Gasteiger partial charge in [0.1, 0.15) is 0 Å². The highest BCUT2D eigenvalue weighted by molar-refractivity contribution is 14.1. The van der Waals surface area contributed by atoms with Crippen molar-refractivity contribution in [1.29, 1.82) is 0 Å². The molecule has 0 spiro atoms. The fraction of sp³-hybridized carbons (Fsp3) is 0.333. The highest BCUT2D eigenvalue weighted by atomic mass is 127. The van der Waals surface area contributed by atoms with E-state index in [1.54, 1.807) is 14.2 Å². The van der Waals surface area contributed by atoms with Crippen molar-refractivity contribution in [3.63, 3.8) is 0 Å². The summed E-state index contributed by atoms with van der Waals surface area (Å²) in [5.41, 5.74) is 0. The Bertz CT molecular complexity index is 306. The predicted molar refractivity (Wildman–Crippen MR) is 77.1 cm³/mol. The summed E-state index contributed by atoms with van der Waals surface area (Å²) in [5.74, 6) is 0. The van der Waals surface area contributed by atoms with E-state index in [-0.39, 0.29) is 0 Å². The Morgan fingerprint density at radius 2 is 1.50 bits per heavy atom. The van der Waals surface area contributed by atoms with E-state index >= 15 is 0 Å². The lowest BCUT2D eigenvalue weighted by atomic mass is 10.4. The Hall–Kier alpha value is 0.817. The minimum atomic E-state index is -2.18. The van der Waals surface area contributed by atoms with Crippen molar-refractivity contribution in [2.75, 3.05) is 14.2 Å². The van der Waals surface area contributed by atoms with Crippen LogP contribution in [0.25, 0.3) is 0 Å². The molecule has 0 atom stereocenters. The molecule has 0 heterocycles. The van der Waals surface area contributed by atoms with Gasteiger partial charge in [0.15, 0.2) is 0 Å². The molecule has 2 nitrogen and oxygen atoms in total. The molecule has 0 unspecified atom stereocenters. The van der Waals surface area contributed by atoms with Crippen LogP contribution >= 0.6 is 45.2 Å². The number of halogens is 2. The molecule has 78 valence electrons. The zero-order valence-corrected chi connectivity index (χ0v) is 13.6. The zero-order chi connectivity index (χ0) is 10.8. The van der Waals surface area contributed by atoms with Gasteiger partial charge >= 0.3 is 8.56 Å². The van der Waals surface area contributed by atoms with Crippen molar-refractivity contribution in [3.8, 4) is 0 Å². The molecule has 0 N–H and O–H groups in total.